The molecular weight excluding hydrogens is 753 g/mol. The molecule has 1 unspecified atom stereocenters. The number of carbonyl (C=O) groups excluding carboxylic acids is 1. The van der Waals surface area contributed by atoms with Gasteiger partial charge in [-0.1, -0.05) is 72.7 Å². The molecule has 7 N–H and O–H groups in total. The number of benzene rings is 3. The number of nitrogens with zero attached hydrogens (tertiary/aromatic N) is 6. The lowest BCUT2D eigenvalue weighted by Crippen LogP contribution is -2.40. The van der Waals surface area contributed by atoms with E-state index in [1.54, 1.807) is 10.6 Å². The number of imidazole rings is 1. The van der Waals surface area contributed by atoms with Gasteiger partial charge in [-0.25, -0.2) is 23.3 Å². The van der Waals surface area contributed by atoms with Crippen LogP contribution in [0.1, 0.15) is 54.2 Å². The van der Waals surface area contributed by atoms with Gasteiger partial charge in [0.2, 0.25) is 16.0 Å². The van der Waals surface area contributed by atoms with Gasteiger partial charge in [0.15, 0.2) is 29.0 Å². The topological polar surface area (TPSA) is 236 Å². The lowest BCUT2D eigenvalue weighted by molar-refractivity contribution is -0.0434. The van der Waals surface area contributed by atoms with E-state index in [0.717, 1.165) is 11.1 Å². The summed E-state index contributed by atoms with van der Waals surface area (Å²) in [6.07, 6.45) is -2.00. The van der Waals surface area contributed by atoms with Gasteiger partial charge in [-0.3, -0.25) is 4.57 Å². The first-order chi connectivity index (χ1) is 27.6. The van der Waals surface area contributed by atoms with Crippen molar-refractivity contribution in [2.24, 2.45) is 5.14 Å². The zero-order valence-electron chi connectivity index (χ0n) is 30.8. The summed E-state index contributed by atoms with van der Waals surface area (Å²) in [5.74, 6) is 1.08. The molecule has 2 aliphatic heterocycles. The first-order valence-electron chi connectivity index (χ1n) is 18.6. The van der Waals surface area contributed by atoms with E-state index in [0.29, 0.717) is 72.5 Å². The van der Waals surface area contributed by atoms with E-state index in [4.69, 9.17) is 24.4 Å². The number of urea groups is 1. The number of carbonyl (C=O) groups is 1. The quantitative estimate of drug-likeness (QED) is 0.104. The highest BCUT2D eigenvalue weighted by molar-refractivity contribution is 7.89. The lowest BCUT2D eigenvalue weighted by atomic mass is 9.91. The van der Waals surface area contributed by atoms with Crippen molar-refractivity contribution in [3.63, 3.8) is 0 Å². The van der Waals surface area contributed by atoms with Crippen LogP contribution in [0.2, 0.25) is 0 Å². The van der Waals surface area contributed by atoms with Gasteiger partial charge in [-0.15, -0.1) is 0 Å². The van der Waals surface area contributed by atoms with Gasteiger partial charge < -0.3 is 40.3 Å². The monoisotopic (exact) mass is 794 g/mol. The minimum absolute atomic E-state index is 0.0384. The van der Waals surface area contributed by atoms with Gasteiger partial charge in [0.25, 0.3) is 0 Å². The second-order valence-electron chi connectivity index (χ2n) is 14.1. The van der Waals surface area contributed by atoms with Crippen molar-refractivity contribution in [2.45, 2.75) is 61.2 Å². The fraction of sp³-hybridized carbons (Fsp3) is 0.308. The molecule has 0 radical (unpaired) electrons. The summed E-state index contributed by atoms with van der Waals surface area (Å²) in [7, 11) is -3.87. The van der Waals surface area contributed by atoms with E-state index in [1.165, 1.54) is 30.6 Å². The van der Waals surface area contributed by atoms with Crippen molar-refractivity contribution in [2.75, 3.05) is 35.2 Å². The highest BCUT2D eigenvalue weighted by Crippen LogP contribution is 2.41. The number of fused-ring (bicyclic) bond motifs is 1. The van der Waals surface area contributed by atoms with Gasteiger partial charge in [-0.2, -0.15) is 9.97 Å². The van der Waals surface area contributed by atoms with E-state index in [2.05, 4.69) is 50.4 Å². The number of amides is 2. The van der Waals surface area contributed by atoms with Gasteiger partial charge in [0.1, 0.15) is 18.3 Å². The van der Waals surface area contributed by atoms with Crippen LogP contribution in [0.25, 0.3) is 11.2 Å². The average Bonchev–Trinajstić information content (AvgIpc) is 4.03. The molecule has 2 fully saturated rings. The number of aryl methyl sites for hydroxylation is 1. The van der Waals surface area contributed by atoms with E-state index in [9.17, 15) is 23.4 Å². The molecule has 2 aliphatic rings. The number of rotatable bonds is 12. The Morgan fingerprint density at radius 1 is 0.982 bits per heavy atom. The molecule has 3 aromatic carbocycles. The van der Waals surface area contributed by atoms with Crippen LogP contribution in [0, 0.1) is 0 Å². The molecule has 17 nitrogen and oxygen atoms in total. The maximum absolute atomic E-state index is 13.0. The van der Waals surface area contributed by atoms with Crippen molar-refractivity contribution in [1.29, 1.82) is 0 Å². The smallest absolute Gasteiger partial charge is 0.319 e. The summed E-state index contributed by atoms with van der Waals surface area (Å²) in [6.45, 7) is 3.28. The number of hydrogen-bond acceptors (Lipinski definition) is 13. The Bertz CT molecular complexity index is 2410. The van der Waals surface area contributed by atoms with Crippen LogP contribution in [0.15, 0.2) is 107 Å². The highest BCUT2D eigenvalue weighted by atomic mass is 32.2. The molecule has 18 heteroatoms. The molecule has 0 spiro atoms. The molecule has 2 saturated heterocycles. The van der Waals surface area contributed by atoms with E-state index >= 15 is 0 Å². The molecule has 5 heterocycles. The average molecular weight is 795 g/mol. The van der Waals surface area contributed by atoms with Gasteiger partial charge in [-0.05, 0) is 48.2 Å². The summed E-state index contributed by atoms with van der Waals surface area (Å²) in [6, 6.07) is 26.8. The zero-order valence-corrected chi connectivity index (χ0v) is 31.7. The van der Waals surface area contributed by atoms with Crippen LogP contribution in [0.5, 0.6) is 0 Å². The van der Waals surface area contributed by atoms with Gasteiger partial charge >= 0.3 is 6.03 Å². The third kappa shape index (κ3) is 8.03. The van der Waals surface area contributed by atoms with Crippen molar-refractivity contribution in [3.8, 4) is 0 Å². The first kappa shape index (κ1) is 38.0. The summed E-state index contributed by atoms with van der Waals surface area (Å²) in [5.41, 5.74) is 4.11. The molecule has 3 aromatic heterocycles. The number of hydrogen-bond donors (Lipinski definition) is 6. The highest BCUT2D eigenvalue weighted by Gasteiger charge is 2.47. The predicted molar refractivity (Wildman–Crippen MR) is 210 cm³/mol. The Morgan fingerprint density at radius 2 is 1.68 bits per heavy atom. The van der Waals surface area contributed by atoms with Crippen LogP contribution in [-0.2, 0) is 21.2 Å². The van der Waals surface area contributed by atoms with Crippen molar-refractivity contribution in [1.82, 2.24) is 30.0 Å². The molecule has 0 aliphatic carbocycles. The Labute approximate surface area is 327 Å². The number of nitrogens with two attached hydrogens (primary N) is 1. The fourth-order valence-corrected chi connectivity index (χ4v) is 7.76. The SMILES string of the molecule is CCc1cc([C@H]2O[C@@H](n3cnc4c(NCC(c5ccccc5)c5ccccc5)nc(N5CCC(NC(=O)Nc6ccc(S(N)(=O)=O)cc6)C5)nc43)[C@H](O)[C@@H]2O)on1. The van der Waals surface area contributed by atoms with Gasteiger partial charge in [0, 0.05) is 43.3 Å². The molecule has 2 amide bonds. The Kier molecular flexibility index (Phi) is 10.6. The van der Waals surface area contributed by atoms with Crippen LogP contribution in [0.4, 0.5) is 22.2 Å². The Morgan fingerprint density at radius 3 is 2.33 bits per heavy atom. The molecule has 8 rings (SSSR count). The summed E-state index contributed by atoms with van der Waals surface area (Å²) in [5, 5.41) is 40.9. The van der Waals surface area contributed by atoms with E-state index in [1.807, 2.05) is 48.2 Å². The minimum atomic E-state index is -3.87. The molecule has 0 bridgehead atoms. The largest absolute Gasteiger partial charge is 0.387 e. The number of ether oxygens (including phenoxy) is 1. The van der Waals surface area contributed by atoms with Crippen molar-refractivity contribution in [3.05, 3.63) is 120 Å². The number of primary sulfonamides is 1. The Hall–Kier alpha value is -5.92. The molecule has 5 atom stereocenters. The number of sulfonamides is 1. The molecule has 0 saturated carbocycles. The third-order valence-corrected chi connectivity index (χ3v) is 11.2. The normalized spacial score (nSPS) is 21.0. The summed E-state index contributed by atoms with van der Waals surface area (Å²) < 4.78 is 36.5. The molecule has 6 aromatic rings. The number of aliphatic hydroxyl groups excluding tert-OH is 2. The maximum atomic E-state index is 13.0. The second kappa shape index (κ2) is 15.9. The maximum Gasteiger partial charge on any atom is 0.319 e. The molecular formula is C39H42N10O7S. The van der Waals surface area contributed by atoms with E-state index < -0.39 is 40.6 Å². The standard InChI is InChI=1S/C39H42N10O7S/c1-2-25-19-30(56-47-25)34-32(50)33(51)37(55-34)49-22-42-31-35(41-20-29(23-9-5-3-6-10-23)24-11-7-4-8-12-24)45-38(46-36(31)49)48-18-17-27(21-48)44-39(52)43-26-13-15-28(16-14-26)57(40,53)54/h3-16,19,22,27,29,32-34,37,50-51H,2,17-18,20-21H2,1H3,(H2,40,53,54)(H,41,45,46)(H2,43,44,52)/t27?,32-,33+,34+,37+/m0/s1. The van der Waals surface area contributed by atoms with Crippen LogP contribution in [-0.4, -0.2) is 87.2 Å². The number of nitrogens with one attached hydrogen (secondary N) is 3. The van der Waals surface area contributed by atoms with Gasteiger partial charge in [0.05, 0.1) is 16.9 Å². The number of aromatic nitrogens is 5. The minimum Gasteiger partial charge on any atom is -0.387 e. The summed E-state index contributed by atoms with van der Waals surface area (Å²) in [4.78, 5) is 29.4. The lowest BCUT2D eigenvalue weighted by Gasteiger charge is -2.22. The van der Waals surface area contributed by atoms with Crippen molar-refractivity contribution < 1.29 is 32.7 Å². The number of aliphatic hydroxyl groups is 2. The van der Waals surface area contributed by atoms with Crippen LogP contribution < -0.4 is 26.0 Å². The summed E-state index contributed by atoms with van der Waals surface area (Å²) >= 11 is 0. The van der Waals surface area contributed by atoms with Crippen molar-refractivity contribution >= 4 is 44.7 Å². The zero-order chi connectivity index (χ0) is 39.7. The Balaban J connectivity index is 1.07. The fourth-order valence-electron chi connectivity index (χ4n) is 7.25. The first-order valence-corrected chi connectivity index (χ1v) is 20.1. The van der Waals surface area contributed by atoms with E-state index in [-0.39, 0.29) is 16.9 Å². The molecule has 296 valence electrons. The van der Waals surface area contributed by atoms with Crippen LogP contribution in [0.3, 0.4) is 0 Å². The second-order valence-corrected chi connectivity index (χ2v) is 15.6. The third-order valence-electron chi connectivity index (χ3n) is 10.3. The molecule has 57 heavy (non-hydrogen) atoms. The predicted octanol–water partition coefficient (Wildman–Crippen LogP) is 3.66. The van der Waals surface area contributed by atoms with Crippen LogP contribution >= 0.6 is 0 Å². The number of anilines is 3.